The first-order chi connectivity index (χ1) is 5.52. The second-order valence-corrected chi connectivity index (χ2v) is 3.64. The SMILES string of the molecule is CC(=O)[C@H]1C[C@H](C)CN1C(C)=O. The van der Waals surface area contributed by atoms with E-state index in [4.69, 9.17) is 0 Å². The first-order valence-electron chi connectivity index (χ1n) is 4.30. The van der Waals surface area contributed by atoms with Gasteiger partial charge in [-0.15, -0.1) is 0 Å². The Morgan fingerprint density at radius 2 is 1.92 bits per heavy atom. The second kappa shape index (κ2) is 3.25. The molecule has 1 heterocycles. The van der Waals surface area contributed by atoms with Gasteiger partial charge in [-0.1, -0.05) is 6.92 Å². The smallest absolute Gasteiger partial charge is 0.220 e. The Kier molecular flexibility index (Phi) is 2.50. The van der Waals surface area contributed by atoms with Crippen molar-refractivity contribution < 1.29 is 9.59 Å². The molecule has 0 saturated carbocycles. The Labute approximate surface area is 72.7 Å². The highest BCUT2D eigenvalue weighted by atomic mass is 16.2. The van der Waals surface area contributed by atoms with E-state index in [1.807, 2.05) is 0 Å². The van der Waals surface area contributed by atoms with Gasteiger partial charge in [-0.2, -0.15) is 0 Å². The lowest BCUT2D eigenvalue weighted by molar-refractivity contribution is -0.135. The molecule has 1 amide bonds. The summed E-state index contributed by atoms with van der Waals surface area (Å²) in [6, 6.07) is -0.155. The Balaban J connectivity index is 2.72. The number of hydrogen-bond acceptors (Lipinski definition) is 2. The number of ketones is 1. The lowest BCUT2D eigenvalue weighted by Crippen LogP contribution is -2.38. The van der Waals surface area contributed by atoms with Gasteiger partial charge in [-0.05, 0) is 19.3 Å². The average Bonchev–Trinajstić information content (AvgIpc) is 2.31. The fraction of sp³-hybridized carbons (Fsp3) is 0.778. The van der Waals surface area contributed by atoms with Crippen LogP contribution in [0, 0.1) is 5.92 Å². The zero-order chi connectivity index (χ0) is 9.30. The number of Topliss-reactive ketones (excluding diaryl/α,β-unsaturated/α-hetero) is 1. The number of carbonyl (C=O) groups excluding carboxylic acids is 2. The highest BCUT2D eigenvalue weighted by Gasteiger charge is 2.33. The fourth-order valence-corrected chi connectivity index (χ4v) is 1.78. The second-order valence-electron chi connectivity index (χ2n) is 3.64. The summed E-state index contributed by atoms with van der Waals surface area (Å²) < 4.78 is 0. The van der Waals surface area contributed by atoms with Crippen LogP contribution in [0.2, 0.25) is 0 Å². The molecule has 3 heteroatoms. The average molecular weight is 169 g/mol. The van der Waals surface area contributed by atoms with Crippen molar-refractivity contribution in [2.75, 3.05) is 6.54 Å². The van der Waals surface area contributed by atoms with Crippen LogP contribution in [-0.4, -0.2) is 29.2 Å². The van der Waals surface area contributed by atoms with E-state index < -0.39 is 0 Å². The van der Waals surface area contributed by atoms with Crippen LogP contribution >= 0.6 is 0 Å². The highest BCUT2D eigenvalue weighted by molar-refractivity contribution is 5.87. The van der Waals surface area contributed by atoms with Crippen LogP contribution in [0.15, 0.2) is 0 Å². The lowest BCUT2D eigenvalue weighted by atomic mass is 10.1. The van der Waals surface area contributed by atoms with Crippen LogP contribution in [-0.2, 0) is 9.59 Å². The summed E-state index contributed by atoms with van der Waals surface area (Å²) in [7, 11) is 0. The van der Waals surface area contributed by atoms with Gasteiger partial charge < -0.3 is 4.90 Å². The third-order valence-corrected chi connectivity index (χ3v) is 2.38. The standard InChI is InChI=1S/C9H15NO2/c1-6-4-9(7(2)11)10(5-6)8(3)12/h6,9H,4-5H2,1-3H3/t6-,9+/m0/s1. The van der Waals surface area contributed by atoms with Gasteiger partial charge in [0, 0.05) is 13.5 Å². The van der Waals surface area contributed by atoms with Crippen molar-refractivity contribution in [1.82, 2.24) is 4.90 Å². The molecule has 1 rings (SSSR count). The molecule has 3 nitrogen and oxygen atoms in total. The first-order valence-corrected chi connectivity index (χ1v) is 4.30. The minimum atomic E-state index is -0.155. The predicted molar refractivity (Wildman–Crippen MR) is 45.6 cm³/mol. The Morgan fingerprint density at radius 1 is 1.33 bits per heavy atom. The molecule has 1 aliphatic rings. The third-order valence-electron chi connectivity index (χ3n) is 2.38. The molecule has 1 saturated heterocycles. The minimum absolute atomic E-state index is 0.0135. The summed E-state index contributed by atoms with van der Waals surface area (Å²) in [5.41, 5.74) is 0. The molecule has 1 fully saturated rings. The predicted octanol–water partition coefficient (Wildman–Crippen LogP) is 0.832. The number of likely N-dealkylation sites (tertiary alicyclic amines) is 1. The maximum atomic E-state index is 11.1. The molecule has 0 aromatic rings. The largest absolute Gasteiger partial charge is 0.333 e. The Bertz CT molecular complexity index is 191. The van der Waals surface area contributed by atoms with Gasteiger partial charge in [0.25, 0.3) is 0 Å². The molecule has 0 bridgehead atoms. The molecule has 0 radical (unpaired) electrons. The van der Waals surface area contributed by atoms with E-state index in [-0.39, 0.29) is 17.7 Å². The van der Waals surface area contributed by atoms with Crippen LogP contribution in [0.25, 0.3) is 0 Å². The third kappa shape index (κ3) is 1.65. The van der Waals surface area contributed by atoms with Crippen LogP contribution in [0.4, 0.5) is 0 Å². The van der Waals surface area contributed by atoms with E-state index in [1.165, 1.54) is 6.92 Å². The maximum absolute atomic E-state index is 11.1. The van der Waals surface area contributed by atoms with E-state index >= 15 is 0 Å². The highest BCUT2D eigenvalue weighted by Crippen LogP contribution is 2.23. The van der Waals surface area contributed by atoms with Gasteiger partial charge in [0.2, 0.25) is 5.91 Å². The van der Waals surface area contributed by atoms with Crippen LogP contribution < -0.4 is 0 Å². The molecule has 0 aromatic carbocycles. The van der Waals surface area contributed by atoms with Gasteiger partial charge in [-0.3, -0.25) is 9.59 Å². The molecule has 2 atom stereocenters. The van der Waals surface area contributed by atoms with Gasteiger partial charge >= 0.3 is 0 Å². The topological polar surface area (TPSA) is 37.4 Å². The van der Waals surface area contributed by atoms with Crippen LogP contribution in [0.1, 0.15) is 27.2 Å². The van der Waals surface area contributed by atoms with Gasteiger partial charge in [0.1, 0.15) is 0 Å². The van der Waals surface area contributed by atoms with E-state index in [0.29, 0.717) is 5.92 Å². The zero-order valence-corrected chi connectivity index (χ0v) is 7.83. The Morgan fingerprint density at radius 3 is 2.25 bits per heavy atom. The van der Waals surface area contributed by atoms with Crippen molar-refractivity contribution in [3.8, 4) is 0 Å². The number of hydrogen-bond donors (Lipinski definition) is 0. The molecule has 12 heavy (non-hydrogen) atoms. The number of amides is 1. The van der Waals surface area contributed by atoms with Crippen LogP contribution in [0.5, 0.6) is 0 Å². The van der Waals surface area contributed by atoms with Gasteiger partial charge in [-0.25, -0.2) is 0 Å². The van der Waals surface area contributed by atoms with Crippen molar-refractivity contribution in [2.24, 2.45) is 5.92 Å². The number of nitrogens with zero attached hydrogens (tertiary/aromatic N) is 1. The van der Waals surface area contributed by atoms with E-state index in [9.17, 15) is 9.59 Å². The molecule has 0 unspecified atom stereocenters. The van der Waals surface area contributed by atoms with Gasteiger partial charge in [0.15, 0.2) is 5.78 Å². The van der Waals surface area contributed by atoms with Crippen molar-refractivity contribution in [3.05, 3.63) is 0 Å². The summed E-state index contributed by atoms with van der Waals surface area (Å²) in [4.78, 5) is 23.9. The monoisotopic (exact) mass is 169 g/mol. The quantitative estimate of drug-likeness (QED) is 0.583. The molecule has 0 aromatic heterocycles. The van der Waals surface area contributed by atoms with Crippen molar-refractivity contribution in [3.63, 3.8) is 0 Å². The van der Waals surface area contributed by atoms with Crippen molar-refractivity contribution >= 4 is 11.7 Å². The molecular formula is C9H15NO2. The molecule has 0 aliphatic carbocycles. The summed E-state index contributed by atoms with van der Waals surface area (Å²) in [5, 5.41) is 0. The van der Waals surface area contributed by atoms with Crippen molar-refractivity contribution in [1.29, 1.82) is 0 Å². The molecule has 68 valence electrons. The first kappa shape index (κ1) is 9.23. The summed E-state index contributed by atoms with van der Waals surface area (Å²) in [6.45, 7) is 5.88. The molecular weight excluding hydrogens is 154 g/mol. The molecule has 0 spiro atoms. The van der Waals surface area contributed by atoms with Crippen molar-refractivity contribution in [2.45, 2.75) is 33.2 Å². The van der Waals surface area contributed by atoms with Crippen LogP contribution in [0.3, 0.4) is 0 Å². The normalized spacial score (nSPS) is 29.1. The van der Waals surface area contributed by atoms with E-state index in [1.54, 1.807) is 11.8 Å². The number of rotatable bonds is 1. The van der Waals surface area contributed by atoms with E-state index in [0.717, 1.165) is 13.0 Å². The lowest BCUT2D eigenvalue weighted by Gasteiger charge is -2.20. The molecule has 0 N–H and O–H groups in total. The van der Waals surface area contributed by atoms with Gasteiger partial charge in [0.05, 0.1) is 6.04 Å². The molecule has 1 aliphatic heterocycles. The number of carbonyl (C=O) groups is 2. The maximum Gasteiger partial charge on any atom is 0.220 e. The summed E-state index contributed by atoms with van der Waals surface area (Å²) in [6.07, 6.45) is 0.828. The van der Waals surface area contributed by atoms with E-state index in [2.05, 4.69) is 6.92 Å². The zero-order valence-electron chi connectivity index (χ0n) is 7.83. The minimum Gasteiger partial charge on any atom is -0.333 e. The summed E-state index contributed by atoms with van der Waals surface area (Å²) >= 11 is 0. The Hall–Kier alpha value is -0.860. The summed E-state index contributed by atoms with van der Waals surface area (Å²) in [5.74, 6) is 0.580. The fourth-order valence-electron chi connectivity index (χ4n) is 1.78.